The molecule has 0 saturated heterocycles. The molecule has 1 aliphatic rings. The van der Waals surface area contributed by atoms with Crippen LogP contribution in [0.3, 0.4) is 0 Å². The number of nitrogens with zero attached hydrogens (tertiary/aromatic N) is 1. The van der Waals surface area contributed by atoms with Crippen LogP contribution in [0, 0.1) is 0 Å². The molecule has 1 aliphatic heterocycles. The fourth-order valence-corrected chi connectivity index (χ4v) is 4.11. The van der Waals surface area contributed by atoms with Crippen LogP contribution in [0.1, 0.15) is 13.3 Å². The van der Waals surface area contributed by atoms with E-state index in [2.05, 4.69) is 15.9 Å². The summed E-state index contributed by atoms with van der Waals surface area (Å²) in [6.45, 7) is 3.06. The SMILES string of the molecule is CC1=CCN(S(=O)(=O)c2ccccc2Br)CC1. The van der Waals surface area contributed by atoms with Gasteiger partial charge in [0.25, 0.3) is 0 Å². The summed E-state index contributed by atoms with van der Waals surface area (Å²) in [5.74, 6) is 0. The van der Waals surface area contributed by atoms with E-state index < -0.39 is 10.0 Å². The molecule has 1 heterocycles. The van der Waals surface area contributed by atoms with Gasteiger partial charge in [0.2, 0.25) is 10.0 Å². The molecule has 1 aromatic rings. The molecule has 17 heavy (non-hydrogen) atoms. The molecule has 0 radical (unpaired) electrons. The maximum Gasteiger partial charge on any atom is 0.244 e. The topological polar surface area (TPSA) is 37.4 Å². The molecule has 0 fully saturated rings. The molecule has 0 aromatic heterocycles. The summed E-state index contributed by atoms with van der Waals surface area (Å²) in [7, 11) is -3.37. The Labute approximate surface area is 110 Å². The Bertz CT molecular complexity index is 551. The van der Waals surface area contributed by atoms with Gasteiger partial charge < -0.3 is 0 Å². The molecule has 0 saturated carbocycles. The fourth-order valence-electron chi connectivity index (χ4n) is 1.76. The van der Waals surface area contributed by atoms with Crippen molar-refractivity contribution in [2.24, 2.45) is 0 Å². The van der Waals surface area contributed by atoms with Crippen molar-refractivity contribution < 1.29 is 8.42 Å². The highest BCUT2D eigenvalue weighted by Gasteiger charge is 2.26. The molecule has 0 aliphatic carbocycles. The number of rotatable bonds is 2. The molecular weight excluding hydrogens is 302 g/mol. The summed E-state index contributed by atoms with van der Waals surface area (Å²) >= 11 is 3.29. The van der Waals surface area contributed by atoms with Crippen LogP contribution in [0.4, 0.5) is 0 Å². The van der Waals surface area contributed by atoms with E-state index in [4.69, 9.17) is 0 Å². The Balaban J connectivity index is 2.35. The molecule has 3 nitrogen and oxygen atoms in total. The Morgan fingerprint density at radius 3 is 2.59 bits per heavy atom. The average molecular weight is 316 g/mol. The number of halogens is 1. The lowest BCUT2D eigenvalue weighted by atomic mass is 10.1. The van der Waals surface area contributed by atoms with Gasteiger partial charge in [-0.3, -0.25) is 0 Å². The summed E-state index contributed by atoms with van der Waals surface area (Å²) in [6, 6.07) is 6.93. The minimum Gasteiger partial charge on any atom is -0.207 e. The van der Waals surface area contributed by atoms with E-state index in [-0.39, 0.29) is 0 Å². The predicted molar refractivity (Wildman–Crippen MR) is 71.3 cm³/mol. The summed E-state index contributed by atoms with van der Waals surface area (Å²) < 4.78 is 26.9. The number of hydrogen-bond acceptors (Lipinski definition) is 2. The van der Waals surface area contributed by atoms with Crippen molar-refractivity contribution in [2.45, 2.75) is 18.2 Å². The van der Waals surface area contributed by atoms with Crippen LogP contribution in [-0.2, 0) is 10.0 Å². The van der Waals surface area contributed by atoms with Crippen molar-refractivity contribution in [1.82, 2.24) is 4.31 Å². The average Bonchev–Trinajstić information content (AvgIpc) is 2.30. The molecule has 92 valence electrons. The summed E-state index contributed by atoms with van der Waals surface area (Å²) in [5, 5.41) is 0. The fraction of sp³-hybridized carbons (Fsp3) is 0.333. The molecule has 0 amide bonds. The molecule has 0 atom stereocenters. The lowest BCUT2D eigenvalue weighted by Crippen LogP contribution is -2.34. The van der Waals surface area contributed by atoms with Gasteiger partial charge in [0.05, 0.1) is 4.90 Å². The molecule has 1 aromatic carbocycles. The second-order valence-electron chi connectivity index (χ2n) is 4.09. The van der Waals surface area contributed by atoms with Crippen molar-refractivity contribution in [3.63, 3.8) is 0 Å². The Morgan fingerprint density at radius 2 is 2.00 bits per heavy atom. The van der Waals surface area contributed by atoms with E-state index in [1.165, 1.54) is 9.88 Å². The number of hydrogen-bond donors (Lipinski definition) is 0. The van der Waals surface area contributed by atoms with Crippen LogP contribution < -0.4 is 0 Å². The van der Waals surface area contributed by atoms with Crippen molar-refractivity contribution in [1.29, 1.82) is 0 Å². The standard InChI is InChI=1S/C12H14BrNO2S/c1-10-6-8-14(9-7-10)17(15,16)12-5-3-2-4-11(12)13/h2-6H,7-9H2,1H3. The first kappa shape index (κ1) is 12.8. The van der Waals surface area contributed by atoms with Gasteiger partial charge in [0.15, 0.2) is 0 Å². The van der Waals surface area contributed by atoms with Crippen LogP contribution in [-0.4, -0.2) is 25.8 Å². The summed E-state index contributed by atoms with van der Waals surface area (Å²) in [6.07, 6.45) is 2.78. The smallest absolute Gasteiger partial charge is 0.207 e. The van der Waals surface area contributed by atoms with E-state index in [0.29, 0.717) is 22.5 Å². The highest BCUT2D eigenvalue weighted by atomic mass is 79.9. The van der Waals surface area contributed by atoms with E-state index in [1.54, 1.807) is 18.2 Å². The number of sulfonamides is 1. The van der Waals surface area contributed by atoms with E-state index in [0.717, 1.165) is 6.42 Å². The highest BCUT2D eigenvalue weighted by Crippen LogP contribution is 2.26. The summed E-state index contributed by atoms with van der Waals surface area (Å²) in [4.78, 5) is 0.341. The first-order valence-electron chi connectivity index (χ1n) is 5.42. The first-order chi connectivity index (χ1) is 8.01. The second-order valence-corrected chi connectivity index (χ2v) is 6.85. The van der Waals surface area contributed by atoms with Gasteiger partial charge in [-0.05, 0) is 41.4 Å². The van der Waals surface area contributed by atoms with Gasteiger partial charge in [-0.1, -0.05) is 23.8 Å². The van der Waals surface area contributed by atoms with E-state index >= 15 is 0 Å². The zero-order valence-electron chi connectivity index (χ0n) is 9.56. The maximum atomic E-state index is 12.4. The maximum absolute atomic E-state index is 12.4. The van der Waals surface area contributed by atoms with Crippen LogP contribution in [0.25, 0.3) is 0 Å². The third-order valence-electron chi connectivity index (χ3n) is 2.85. The van der Waals surface area contributed by atoms with Crippen LogP contribution >= 0.6 is 15.9 Å². The third kappa shape index (κ3) is 2.61. The molecule has 0 N–H and O–H groups in total. The minimum atomic E-state index is -3.37. The lowest BCUT2D eigenvalue weighted by Gasteiger charge is -2.25. The van der Waals surface area contributed by atoms with E-state index in [1.807, 2.05) is 19.1 Å². The van der Waals surface area contributed by atoms with Crippen molar-refractivity contribution in [2.75, 3.05) is 13.1 Å². The zero-order valence-corrected chi connectivity index (χ0v) is 12.0. The third-order valence-corrected chi connectivity index (χ3v) is 5.73. The van der Waals surface area contributed by atoms with Gasteiger partial charge in [-0.15, -0.1) is 0 Å². The molecule has 0 spiro atoms. The normalized spacial score (nSPS) is 17.9. The molecular formula is C12H14BrNO2S. The van der Waals surface area contributed by atoms with Crippen LogP contribution in [0.2, 0.25) is 0 Å². The van der Waals surface area contributed by atoms with Gasteiger partial charge in [0, 0.05) is 17.6 Å². The highest BCUT2D eigenvalue weighted by molar-refractivity contribution is 9.10. The second kappa shape index (κ2) is 4.92. The van der Waals surface area contributed by atoms with Crippen LogP contribution in [0.5, 0.6) is 0 Å². The summed E-state index contributed by atoms with van der Waals surface area (Å²) in [5.41, 5.74) is 1.25. The number of benzene rings is 1. The first-order valence-corrected chi connectivity index (χ1v) is 7.65. The Morgan fingerprint density at radius 1 is 1.29 bits per heavy atom. The molecule has 0 unspecified atom stereocenters. The van der Waals surface area contributed by atoms with Crippen LogP contribution in [0.15, 0.2) is 45.3 Å². The van der Waals surface area contributed by atoms with Gasteiger partial charge in [-0.25, -0.2) is 8.42 Å². The van der Waals surface area contributed by atoms with Gasteiger partial charge >= 0.3 is 0 Å². The Kier molecular flexibility index (Phi) is 3.70. The lowest BCUT2D eigenvalue weighted by molar-refractivity contribution is 0.431. The quantitative estimate of drug-likeness (QED) is 0.787. The van der Waals surface area contributed by atoms with Gasteiger partial charge in [0.1, 0.15) is 0 Å². The van der Waals surface area contributed by atoms with Crippen molar-refractivity contribution in [3.8, 4) is 0 Å². The van der Waals surface area contributed by atoms with Crippen molar-refractivity contribution in [3.05, 3.63) is 40.4 Å². The monoisotopic (exact) mass is 315 g/mol. The molecule has 0 bridgehead atoms. The van der Waals surface area contributed by atoms with Crippen molar-refractivity contribution >= 4 is 26.0 Å². The molecule has 5 heteroatoms. The Hall–Kier alpha value is -0.650. The molecule has 2 rings (SSSR count). The largest absolute Gasteiger partial charge is 0.244 e. The predicted octanol–water partition coefficient (Wildman–Crippen LogP) is 2.79. The van der Waals surface area contributed by atoms with E-state index in [9.17, 15) is 8.42 Å². The zero-order chi connectivity index (χ0) is 12.5. The van der Waals surface area contributed by atoms with Gasteiger partial charge in [-0.2, -0.15) is 4.31 Å². The minimum absolute atomic E-state index is 0.341.